The van der Waals surface area contributed by atoms with E-state index in [1.165, 1.54) is 0 Å². The first kappa shape index (κ1) is 15.8. The van der Waals surface area contributed by atoms with Gasteiger partial charge in [-0.3, -0.25) is 4.90 Å². The van der Waals surface area contributed by atoms with E-state index in [4.69, 9.17) is 14.2 Å². The lowest BCUT2D eigenvalue weighted by atomic mass is 10.2. The summed E-state index contributed by atoms with van der Waals surface area (Å²) in [6, 6.07) is 0. The van der Waals surface area contributed by atoms with Gasteiger partial charge in [0.05, 0.1) is 18.3 Å². The van der Waals surface area contributed by atoms with E-state index in [0.29, 0.717) is 0 Å². The van der Waals surface area contributed by atoms with Crippen LogP contribution in [0.25, 0.3) is 0 Å². The van der Waals surface area contributed by atoms with Crippen molar-refractivity contribution in [2.24, 2.45) is 0 Å². The van der Waals surface area contributed by atoms with Crippen LogP contribution in [0.5, 0.6) is 0 Å². The van der Waals surface area contributed by atoms with Crippen LogP contribution in [0.1, 0.15) is 20.8 Å². The Morgan fingerprint density at radius 3 is 1.12 bits per heavy atom. The van der Waals surface area contributed by atoms with Gasteiger partial charge in [0.25, 0.3) is 0 Å². The number of ether oxygens (including phenoxy) is 3. The van der Waals surface area contributed by atoms with Gasteiger partial charge in [-0.05, 0) is 20.8 Å². The predicted octanol–water partition coefficient (Wildman–Crippen LogP) is 1.39. The molecule has 0 amide bonds. The molecule has 0 radical (unpaired) electrons. The summed E-state index contributed by atoms with van der Waals surface area (Å²) in [6.07, 6.45) is 0.689. The quantitative estimate of drug-likeness (QED) is 0.602. The topological polar surface area (TPSA) is 30.9 Å². The highest BCUT2D eigenvalue weighted by Gasteiger charge is 2.15. The molecule has 4 nitrogen and oxygen atoms in total. The van der Waals surface area contributed by atoms with Crippen molar-refractivity contribution < 1.29 is 14.2 Å². The Hall–Kier alpha value is -0.160. The summed E-state index contributed by atoms with van der Waals surface area (Å²) in [7, 11) is 5.22. The lowest BCUT2D eigenvalue weighted by Crippen LogP contribution is -2.41. The highest BCUT2D eigenvalue weighted by molar-refractivity contribution is 4.68. The number of methoxy groups -OCH3 is 3. The smallest absolute Gasteiger partial charge is 0.0670 e. The Morgan fingerprint density at radius 1 is 0.688 bits per heavy atom. The molecule has 0 aliphatic rings. The monoisotopic (exact) mass is 233 g/mol. The van der Waals surface area contributed by atoms with Crippen LogP contribution in [0.2, 0.25) is 0 Å². The zero-order valence-corrected chi connectivity index (χ0v) is 11.5. The number of rotatable bonds is 9. The number of hydrogen-bond acceptors (Lipinski definition) is 4. The minimum Gasteiger partial charge on any atom is -0.380 e. The molecule has 4 heteroatoms. The van der Waals surface area contributed by atoms with E-state index >= 15 is 0 Å². The molecule has 16 heavy (non-hydrogen) atoms. The third kappa shape index (κ3) is 7.17. The summed E-state index contributed by atoms with van der Waals surface area (Å²) in [5.74, 6) is 0. The van der Waals surface area contributed by atoms with Gasteiger partial charge in [0.15, 0.2) is 0 Å². The standard InChI is InChI=1S/C12H27NO3/c1-10(14-4)7-13(8-11(2)15-5)9-12(3)16-6/h10-12H,7-9H2,1-6H3. The third-order valence-electron chi connectivity index (χ3n) is 2.75. The summed E-state index contributed by atoms with van der Waals surface area (Å²) in [6.45, 7) is 8.92. The largest absolute Gasteiger partial charge is 0.380 e. The van der Waals surface area contributed by atoms with Gasteiger partial charge in [-0.25, -0.2) is 0 Å². The maximum atomic E-state index is 5.29. The maximum absolute atomic E-state index is 5.29. The van der Waals surface area contributed by atoms with Gasteiger partial charge in [0.2, 0.25) is 0 Å². The molecule has 0 aromatic carbocycles. The Balaban J connectivity index is 4.15. The van der Waals surface area contributed by atoms with Crippen LogP contribution in [0.15, 0.2) is 0 Å². The van der Waals surface area contributed by atoms with E-state index in [1.807, 2.05) is 0 Å². The van der Waals surface area contributed by atoms with E-state index in [9.17, 15) is 0 Å². The van der Waals surface area contributed by atoms with Gasteiger partial charge in [0, 0.05) is 41.0 Å². The minimum absolute atomic E-state index is 0.230. The highest BCUT2D eigenvalue weighted by atomic mass is 16.5. The normalized spacial score (nSPS) is 17.4. The van der Waals surface area contributed by atoms with Crippen molar-refractivity contribution in [2.45, 2.75) is 39.1 Å². The van der Waals surface area contributed by atoms with E-state index in [-0.39, 0.29) is 18.3 Å². The molecule has 0 aromatic rings. The summed E-state index contributed by atoms with van der Waals surface area (Å²) >= 11 is 0. The average molecular weight is 233 g/mol. The molecule has 0 spiro atoms. The van der Waals surface area contributed by atoms with Crippen molar-refractivity contribution in [1.82, 2.24) is 4.90 Å². The second kappa shape index (κ2) is 8.93. The molecule has 0 N–H and O–H groups in total. The zero-order chi connectivity index (χ0) is 12.6. The van der Waals surface area contributed by atoms with Crippen molar-refractivity contribution in [3.63, 3.8) is 0 Å². The molecule has 0 saturated carbocycles. The molecular weight excluding hydrogens is 206 g/mol. The first-order valence-electron chi connectivity index (χ1n) is 5.84. The second-order valence-electron chi connectivity index (χ2n) is 4.36. The Labute approximate surface area is 99.9 Å². The molecule has 0 aromatic heterocycles. The Morgan fingerprint density at radius 2 is 0.938 bits per heavy atom. The van der Waals surface area contributed by atoms with Crippen molar-refractivity contribution >= 4 is 0 Å². The van der Waals surface area contributed by atoms with Gasteiger partial charge >= 0.3 is 0 Å². The first-order valence-corrected chi connectivity index (χ1v) is 5.84. The van der Waals surface area contributed by atoms with E-state index in [0.717, 1.165) is 19.6 Å². The van der Waals surface area contributed by atoms with Gasteiger partial charge < -0.3 is 14.2 Å². The number of hydrogen-bond donors (Lipinski definition) is 0. The average Bonchev–Trinajstić information content (AvgIpc) is 2.28. The zero-order valence-electron chi connectivity index (χ0n) is 11.5. The van der Waals surface area contributed by atoms with Gasteiger partial charge in [0.1, 0.15) is 0 Å². The van der Waals surface area contributed by atoms with Crippen molar-refractivity contribution in [3.05, 3.63) is 0 Å². The lowest BCUT2D eigenvalue weighted by molar-refractivity contribution is 0.0123. The van der Waals surface area contributed by atoms with Crippen molar-refractivity contribution in [1.29, 1.82) is 0 Å². The molecule has 0 aliphatic heterocycles. The molecule has 0 rings (SSSR count). The Bertz CT molecular complexity index is 138. The van der Waals surface area contributed by atoms with E-state index < -0.39 is 0 Å². The Kier molecular flexibility index (Phi) is 8.84. The SMILES string of the molecule is COC(C)CN(CC(C)OC)CC(C)OC. The van der Waals surface area contributed by atoms with Crippen LogP contribution >= 0.6 is 0 Å². The summed E-state index contributed by atoms with van der Waals surface area (Å²) in [5, 5.41) is 0. The van der Waals surface area contributed by atoms with Gasteiger partial charge in [-0.1, -0.05) is 0 Å². The molecule has 3 atom stereocenters. The van der Waals surface area contributed by atoms with Crippen LogP contribution in [-0.2, 0) is 14.2 Å². The lowest BCUT2D eigenvalue weighted by Gasteiger charge is -2.29. The highest BCUT2D eigenvalue weighted by Crippen LogP contribution is 2.02. The van der Waals surface area contributed by atoms with Crippen molar-refractivity contribution in [3.8, 4) is 0 Å². The van der Waals surface area contributed by atoms with Crippen LogP contribution in [-0.4, -0.2) is 64.2 Å². The predicted molar refractivity (Wildman–Crippen MR) is 65.9 cm³/mol. The van der Waals surface area contributed by atoms with Crippen LogP contribution in [0.3, 0.4) is 0 Å². The molecule has 0 aliphatic carbocycles. The third-order valence-corrected chi connectivity index (χ3v) is 2.75. The molecule has 0 saturated heterocycles. The molecule has 0 bridgehead atoms. The summed E-state index contributed by atoms with van der Waals surface area (Å²) < 4.78 is 15.9. The van der Waals surface area contributed by atoms with Crippen LogP contribution < -0.4 is 0 Å². The molecular formula is C12H27NO3. The fraction of sp³-hybridized carbons (Fsp3) is 1.00. The van der Waals surface area contributed by atoms with Crippen LogP contribution in [0.4, 0.5) is 0 Å². The summed E-state index contributed by atoms with van der Waals surface area (Å²) in [5.41, 5.74) is 0. The summed E-state index contributed by atoms with van der Waals surface area (Å²) in [4.78, 5) is 2.32. The molecule has 3 unspecified atom stereocenters. The van der Waals surface area contributed by atoms with Crippen LogP contribution in [0, 0.1) is 0 Å². The number of nitrogens with zero attached hydrogens (tertiary/aromatic N) is 1. The molecule has 0 fully saturated rings. The van der Waals surface area contributed by atoms with Gasteiger partial charge in [-0.2, -0.15) is 0 Å². The fourth-order valence-electron chi connectivity index (χ4n) is 1.54. The fourth-order valence-corrected chi connectivity index (χ4v) is 1.54. The van der Waals surface area contributed by atoms with Crippen molar-refractivity contribution in [2.75, 3.05) is 41.0 Å². The molecule has 0 heterocycles. The second-order valence-corrected chi connectivity index (χ2v) is 4.36. The molecule has 98 valence electrons. The van der Waals surface area contributed by atoms with E-state index in [1.54, 1.807) is 21.3 Å². The maximum Gasteiger partial charge on any atom is 0.0670 e. The van der Waals surface area contributed by atoms with E-state index in [2.05, 4.69) is 25.7 Å². The first-order chi connectivity index (χ1) is 7.53. The van der Waals surface area contributed by atoms with Gasteiger partial charge in [-0.15, -0.1) is 0 Å². The minimum atomic E-state index is 0.230.